The third kappa shape index (κ3) is 5.59. The van der Waals surface area contributed by atoms with Crippen molar-refractivity contribution in [1.82, 2.24) is 9.80 Å². The van der Waals surface area contributed by atoms with Gasteiger partial charge in [0.2, 0.25) is 5.91 Å². The van der Waals surface area contributed by atoms with Crippen molar-refractivity contribution in [3.63, 3.8) is 0 Å². The van der Waals surface area contributed by atoms with Crippen LogP contribution in [-0.4, -0.2) is 59.4 Å². The van der Waals surface area contributed by atoms with Crippen LogP contribution >= 0.6 is 0 Å². The van der Waals surface area contributed by atoms with E-state index in [9.17, 15) is 14.4 Å². The zero-order valence-electron chi connectivity index (χ0n) is 12.8. The van der Waals surface area contributed by atoms with Crippen molar-refractivity contribution >= 4 is 17.8 Å². The predicted octanol–water partition coefficient (Wildman–Crippen LogP) is 1.43. The van der Waals surface area contributed by atoms with Crippen LogP contribution in [0.15, 0.2) is 0 Å². The summed E-state index contributed by atoms with van der Waals surface area (Å²) in [5.41, 5.74) is -0.508. The summed E-state index contributed by atoms with van der Waals surface area (Å²) in [5, 5.41) is 0. The van der Waals surface area contributed by atoms with Crippen LogP contribution in [0.25, 0.3) is 0 Å². The molecule has 1 fully saturated rings. The summed E-state index contributed by atoms with van der Waals surface area (Å²) in [7, 11) is 0. The molecule has 0 atom stereocenters. The molecule has 0 aliphatic carbocycles. The van der Waals surface area contributed by atoms with Crippen molar-refractivity contribution in [3.8, 4) is 0 Å². The first-order chi connectivity index (χ1) is 9.19. The van der Waals surface area contributed by atoms with Crippen LogP contribution in [0.5, 0.6) is 0 Å². The van der Waals surface area contributed by atoms with Crippen molar-refractivity contribution in [2.75, 3.05) is 26.2 Å². The van der Waals surface area contributed by atoms with Gasteiger partial charge in [-0.05, 0) is 27.7 Å². The third-order valence-electron chi connectivity index (χ3n) is 2.97. The second kappa shape index (κ2) is 6.72. The summed E-state index contributed by atoms with van der Waals surface area (Å²) in [6.07, 6.45) is 0.195. The van der Waals surface area contributed by atoms with Crippen LogP contribution in [0.3, 0.4) is 0 Å². The van der Waals surface area contributed by atoms with E-state index in [4.69, 9.17) is 4.74 Å². The van der Waals surface area contributed by atoms with E-state index >= 15 is 0 Å². The Balaban J connectivity index is 2.38. The predicted molar refractivity (Wildman–Crippen MR) is 74.3 cm³/mol. The zero-order valence-corrected chi connectivity index (χ0v) is 12.8. The number of hydrogen-bond acceptors (Lipinski definition) is 4. The molecule has 0 aromatic carbocycles. The number of ether oxygens (including phenoxy) is 1. The highest BCUT2D eigenvalue weighted by molar-refractivity contribution is 5.83. The number of nitrogens with zero attached hydrogens (tertiary/aromatic N) is 2. The third-order valence-corrected chi connectivity index (χ3v) is 2.97. The molecule has 0 bridgehead atoms. The Bertz CT molecular complexity index is 379. The van der Waals surface area contributed by atoms with E-state index in [1.54, 1.807) is 9.80 Å². The lowest BCUT2D eigenvalue weighted by Crippen LogP contribution is -2.51. The number of carbonyl (C=O) groups excluding carboxylic acids is 3. The number of carbonyl (C=O) groups is 3. The van der Waals surface area contributed by atoms with E-state index in [-0.39, 0.29) is 30.6 Å². The van der Waals surface area contributed by atoms with Gasteiger partial charge in [0, 0.05) is 39.0 Å². The van der Waals surface area contributed by atoms with Crippen LogP contribution in [-0.2, 0) is 14.3 Å². The molecule has 0 aromatic heterocycles. The highest BCUT2D eigenvalue weighted by atomic mass is 16.6. The summed E-state index contributed by atoms with van der Waals surface area (Å²) in [5.74, 6) is -0.00483. The smallest absolute Gasteiger partial charge is 0.410 e. The molecule has 0 saturated carbocycles. The summed E-state index contributed by atoms with van der Waals surface area (Å²) in [6, 6.07) is 0. The molecule has 1 aliphatic rings. The van der Waals surface area contributed by atoms with Gasteiger partial charge in [0.15, 0.2) is 0 Å². The Morgan fingerprint density at radius 3 is 1.90 bits per heavy atom. The van der Waals surface area contributed by atoms with E-state index in [2.05, 4.69) is 0 Å². The van der Waals surface area contributed by atoms with Gasteiger partial charge in [-0.15, -0.1) is 0 Å². The molecule has 6 nitrogen and oxygen atoms in total. The molecule has 1 rings (SSSR count). The molecule has 0 unspecified atom stereocenters. The fourth-order valence-corrected chi connectivity index (χ4v) is 1.91. The normalized spacial score (nSPS) is 16.0. The Morgan fingerprint density at radius 2 is 1.45 bits per heavy atom. The van der Waals surface area contributed by atoms with Crippen molar-refractivity contribution in [2.45, 2.75) is 46.1 Å². The topological polar surface area (TPSA) is 66.9 Å². The second-order valence-corrected chi connectivity index (χ2v) is 6.05. The lowest BCUT2D eigenvalue weighted by molar-refractivity contribution is -0.134. The number of amides is 2. The molecule has 20 heavy (non-hydrogen) atoms. The number of rotatable bonds is 3. The van der Waals surface area contributed by atoms with Gasteiger partial charge >= 0.3 is 6.09 Å². The van der Waals surface area contributed by atoms with Crippen LogP contribution in [0.4, 0.5) is 4.79 Å². The Kier molecular flexibility index (Phi) is 5.53. The molecule has 114 valence electrons. The monoisotopic (exact) mass is 284 g/mol. The van der Waals surface area contributed by atoms with Gasteiger partial charge in [-0.3, -0.25) is 4.79 Å². The van der Waals surface area contributed by atoms with Gasteiger partial charge < -0.3 is 19.3 Å². The molecule has 1 saturated heterocycles. The number of Topliss-reactive ketones (excluding diaryl/α,β-unsaturated/α-hetero) is 1. The van der Waals surface area contributed by atoms with Gasteiger partial charge in [0.25, 0.3) is 0 Å². The van der Waals surface area contributed by atoms with Crippen LogP contribution < -0.4 is 0 Å². The molecule has 0 radical (unpaired) electrons. The first kappa shape index (κ1) is 16.5. The van der Waals surface area contributed by atoms with Gasteiger partial charge in [-0.1, -0.05) is 0 Å². The lowest BCUT2D eigenvalue weighted by Gasteiger charge is -2.35. The summed E-state index contributed by atoms with van der Waals surface area (Å²) >= 11 is 0. The molecular formula is C14H24N2O4. The average Bonchev–Trinajstić information content (AvgIpc) is 2.34. The Hall–Kier alpha value is -1.59. The van der Waals surface area contributed by atoms with Gasteiger partial charge in [-0.25, -0.2) is 4.79 Å². The SMILES string of the molecule is CC(=O)CCC(=O)N1CCN(C(=O)OC(C)(C)C)CC1. The Labute approximate surface area is 120 Å². The quantitative estimate of drug-likeness (QED) is 0.786. The highest BCUT2D eigenvalue weighted by Crippen LogP contribution is 2.12. The lowest BCUT2D eigenvalue weighted by atomic mass is 10.2. The average molecular weight is 284 g/mol. The van der Waals surface area contributed by atoms with Crippen LogP contribution in [0.1, 0.15) is 40.5 Å². The van der Waals surface area contributed by atoms with E-state index in [0.717, 1.165) is 0 Å². The number of ketones is 1. The number of piperazine rings is 1. The fourth-order valence-electron chi connectivity index (χ4n) is 1.91. The van der Waals surface area contributed by atoms with Crippen LogP contribution in [0.2, 0.25) is 0 Å². The minimum Gasteiger partial charge on any atom is -0.444 e. The van der Waals surface area contributed by atoms with Crippen molar-refractivity contribution < 1.29 is 19.1 Å². The zero-order chi connectivity index (χ0) is 15.3. The van der Waals surface area contributed by atoms with Gasteiger partial charge in [0.05, 0.1) is 0 Å². The maximum absolute atomic E-state index is 11.9. The molecular weight excluding hydrogens is 260 g/mol. The minimum absolute atomic E-state index is 0.0192. The maximum atomic E-state index is 11.9. The minimum atomic E-state index is -0.508. The van der Waals surface area contributed by atoms with Crippen LogP contribution in [0, 0.1) is 0 Å². The van der Waals surface area contributed by atoms with Gasteiger partial charge in [0.1, 0.15) is 11.4 Å². The first-order valence-electron chi connectivity index (χ1n) is 6.94. The second-order valence-electron chi connectivity index (χ2n) is 6.05. The Morgan fingerprint density at radius 1 is 0.950 bits per heavy atom. The van der Waals surface area contributed by atoms with Crippen molar-refractivity contribution in [3.05, 3.63) is 0 Å². The summed E-state index contributed by atoms with van der Waals surface area (Å²) < 4.78 is 5.29. The van der Waals surface area contributed by atoms with Crippen molar-refractivity contribution in [1.29, 1.82) is 0 Å². The van der Waals surface area contributed by atoms with Gasteiger partial charge in [-0.2, -0.15) is 0 Å². The van der Waals surface area contributed by atoms with E-state index in [1.165, 1.54) is 6.92 Å². The summed E-state index contributed by atoms with van der Waals surface area (Å²) in [4.78, 5) is 37.9. The molecule has 6 heteroatoms. The van der Waals surface area contributed by atoms with E-state index in [1.807, 2.05) is 20.8 Å². The molecule has 1 heterocycles. The molecule has 2 amide bonds. The largest absolute Gasteiger partial charge is 0.444 e. The van der Waals surface area contributed by atoms with E-state index < -0.39 is 5.60 Å². The maximum Gasteiger partial charge on any atom is 0.410 e. The molecule has 0 aromatic rings. The molecule has 0 spiro atoms. The summed E-state index contributed by atoms with van der Waals surface area (Å²) in [6.45, 7) is 8.90. The molecule has 1 aliphatic heterocycles. The van der Waals surface area contributed by atoms with E-state index in [0.29, 0.717) is 26.2 Å². The fraction of sp³-hybridized carbons (Fsp3) is 0.786. The number of hydrogen-bond donors (Lipinski definition) is 0. The van der Waals surface area contributed by atoms with Crippen molar-refractivity contribution in [2.24, 2.45) is 0 Å². The molecule has 0 N–H and O–H groups in total. The standard InChI is InChI=1S/C14H24N2O4/c1-11(17)5-6-12(18)15-7-9-16(10-8-15)13(19)20-14(2,3)4/h5-10H2,1-4H3. The first-order valence-corrected chi connectivity index (χ1v) is 6.94. The highest BCUT2D eigenvalue weighted by Gasteiger charge is 2.27.